The molecule has 0 bridgehead atoms. The molecule has 9 heteroatoms. The number of piperazine rings is 1. The summed E-state index contributed by atoms with van der Waals surface area (Å²) in [4.78, 5) is 25.9. The van der Waals surface area contributed by atoms with E-state index in [9.17, 15) is 4.79 Å². The van der Waals surface area contributed by atoms with Crippen molar-refractivity contribution in [2.75, 3.05) is 41.7 Å². The Morgan fingerprint density at radius 1 is 1.00 bits per heavy atom. The lowest BCUT2D eigenvalue weighted by atomic mass is 10.1. The third kappa shape index (κ3) is 7.50. The molecule has 1 aliphatic rings. The molecule has 1 fully saturated rings. The van der Waals surface area contributed by atoms with Crippen molar-refractivity contribution in [1.29, 1.82) is 0 Å². The Hall–Kier alpha value is -2.48. The molecule has 1 aromatic heterocycles. The predicted molar refractivity (Wildman–Crippen MR) is 146 cm³/mol. The van der Waals surface area contributed by atoms with Crippen molar-refractivity contribution >= 4 is 52.4 Å². The van der Waals surface area contributed by atoms with Crippen molar-refractivity contribution in [3.63, 3.8) is 0 Å². The number of rotatable bonds is 9. The van der Waals surface area contributed by atoms with E-state index in [4.69, 9.17) is 23.2 Å². The molecule has 184 valence electrons. The first-order chi connectivity index (χ1) is 17.0. The lowest BCUT2D eigenvalue weighted by molar-refractivity contribution is -0.119. The van der Waals surface area contributed by atoms with Gasteiger partial charge in [-0.1, -0.05) is 77.4 Å². The minimum atomic E-state index is -0.0333. The van der Waals surface area contributed by atoms with Crippen LogP contribution >= 0.6 is 35.0 Å². The second-order valence-electron chi connectivity index (χ2n) is 8.54. The van der Waals surface area contributed by atoms with Crippen LogP contribution in [0.15, 0.2) is 65.8 Å². The number of hydrogen-bond donors (Lipinski definition) is 1. The fraction of sp³-hybridized carbons (Fsp3) is 0.346. The molecule has 1 saturated heterocycles. The number of aryl methyl sites for hydroxylation is 1. The number of para-hydroxylation sites is 1. The topological polar surface area (TPSA) is 61.4 Å². The number of anilines is 2. The van der Waals surface area contributed by atoms with Crippen LogP contribution in [0, 0.1) is 0 Å². The van der Waals surface area contributed by atoms with Crippen LogP contribution in [0.1, 0.15) is 18.9 Å². The Morgan fingerprint density at radius 2 is 1.69 bits per heavy atom. The van der Waals surface area contributed by atoms with Gasteiger partial charge in [0, 0.05) is 38.3 Å². The van der Waals surface area contributed by atoms with E-state index in [1.54, 1.807) is 6.07 Å². The molecule has 0 spiro atoms. The van der Waals surface area contributed by atoms with Crippen molar-refractivity contribution in [2.45, 2.75) is 31.0 Å². The highest BCUT2D eigenvalue weighted by molar-refractivity contribution is 7.99. The normalized spacial score (nSPS) is 14.6. The maximum absolute atomic E-state index is 12.5. The van der Waals surface area contributed by atoms with Gasteiger partial charge in [-0.3, -0.25) is 4.79 Å². The molecule has 3 aromatic rings. The molecule has 35 heavy (non-hydrogen) atoms. The molecule has 0 saturated carbocycles. The predicted octanol–water partition coefficient (Wildman–Crippen LogP) is 5.34. The van der Waals surface area contributed by atoms with Crippen molar-refractivity contribution in [1.82, 2.24) is 15.3 Å². The standard InChI is InChI=1S/C26H29Cl2N5OS/c1-19(11-12-20-7-3-2-4-8-20)29-25(34)18-35-26-30-23(28)17-24(31-26)33-15-13-32(14-16-33)22-10-6-5-9-21(22)27/h2-10,17,19H,11-16,18H2,1H3,(H,29,34). The number of hydrogen-bond acceptors (Lipinski definition) is 6. The zero-order valence-electron chi connectivity index (χ0n) is 19.7. The molecule has 6 nitrogen and oxygen atoms in total. The smallest absolute Gasteiger partial charge is 0.230 e. The molecule has 0 radical (unpaired) electrons. The maximum atomic E-state index is 12.5. The summed E-state index contributed by atoms with van der Waals surface area (Å²) in [5, 5.41) is 4.71. The SMILES string of the molecule is CC(CCc1ccccc1)NC(=O)CSc1nc(Cl)cc(N2CCN(c3ccccc3Cl)CC2)n1. The van der Waals surface area contributed by atoms with Gasteiger partial charge in [-0.05, 0) is 37.5 Å². The third-order valence-electron chi connectivity index (χ3n) is 5.91. The summed E-state index contributed by atoms with van der Waals surface area (Å²) in [7, 11) is 0. The van der Waals surface area contributed by atoms with Crippen molar-refractivity contribution < 1.29 is 4.79 Å². The van der Waals surface area contributed by atoms with Crippen LogP contribution in [-0.2, 0) is 11.2 Å². The van der Waals surface area contributed by atoms with Crippen LogP contribution in [0.3, 0.4) is 0 Å². The van der Waals surface area contributed by atoms with E-state index >= 15 is 0 Å². The van der Waals surface area contributed by atoms with Gasteiger partial charge in [0.2, 0.25) is 5.91 Å². The summed E-state index contributed by atoms with van der Waals surface area (Å²) in [5.41, 5.74) is 2.32. The number of amides is 1. The number of halogens is 2. The molecule has 4 rings (SSSR count). The monoisotopic (exact) mass is 529 g/mol. The van der Waals surface area contributed by atoms with E-state index in [2.05, 4.69) is 37.2 Å². The van der Waals surface area contributed by atoms with Gasteiger partial charge in [-0.15, -0.1) is 0 Å². The lowest BCUT2D eigenvalue weighted by Crippen LogP contribution is -2.47. The number of carbonyl (C=O) groups excluding carboxylic acids is 1. The summed E-state index contributed by atoms with van der Waals surface area (Å²) in [5.74, 6) is 0.993. The van der Waals surface area contributed by atoms with Gasteiger partial charge in [-0.2, -0.15) is 0 Å². The van der Waals surface area contributed by atoms with Gasteiger partial charge in [0.1, 0.15) is 11.0 Å². The highest BCUT2D eigenvalue weighted by Crippen LogP contribution is 2.28. The van der Waals surface area contributed by atoms with Gasteiger partial charge in [0.15, 0.2) is 5.16 Å². The van der Waals surface area contributed by atoms with Gasteiger partial charge in [0.05, 0.1) is 16.5 Å². The summed E-state index contributed by atoms with van der Waals surface area (Å²) in [6, 6.07) is 20.1. The van der Waals surface area contributed by atoms with Crippen LogP contribution in [0.25, 0.3) is 0 Å². The molecule has 0 aliphatic carbocycles. The minimum absolute atomic E-state index is 0.0333. The van der Waals surface area contributed by atoms with E-state index in [0.717, 1.165) is 55.5 Å². The minimum Gasteiger partial charge on any atom is -0.367 e. The summed E-state index contributed by atoms with van der Waals surface area (Å²) in [6.45, 7) is 5.28. The van der Waals surface area contributed by atoms with E-state index in [1.807, 2.05) is 49.4 Å². The van der Waals surface area contributed by atoms with E-state index in [0.29, 0.717) is 10.3 Å². The quantitative estimate of drug-likeness (QED) is 0.229. The fourth-order valence-corrected chi connectivity index (χ4v) is 5.19. The van der Waals surface area contributed by atoms with Crippen LogP contribution in [0.4, 0.5) is 11.5 Å². The van der Waals surface area contributed by atoms with Crippen molar-refractivity contribution in [3.05, 3.63) is 76.4 Å². The highest BCUT2D eigenvalue weighted by atomic mass is 35.5. The number of aromatic nitrogens is 2. The first-order valence-corrected chi connectivity index (χ1v) is 13.5. The zero-order valence-corrected chi connectivity index (χ0v) is 22.0. The van der Waals surface area contributed by atoms with Gasteiger partial charge in [0.25, 0.3) is 0 Å². The molecule has 1 atom stereocenters. The average Bonchev–Trinajstić information content (AvgIpc) is 2.87. The molecule has 2 heterocycles. The molecule has 1 N–H and O–H groups in total. The lowest BCUT2D eigenvalue weighted by Gasteiger charge is -2.37. The van der Waals surface area contributed by atoms with Crippen molar-refractivity contribution in [3.8, 4) is 0 Å². The number of benzene rings is 2. The Balaban J connectivity index is 1.27. The number of nitrogens with one attached hydrogen (secondary N) is 1. The van der Waals surface area contributed by atoms with Crippen LogP contribution in [-0.4, -0.2) is 53.8 Å². The number of thioether (sulfide) groups is 1. The van der Waals surface area contributed by atoms with Gasteiger partial charge in [-0.25, -0.2) is 9.97 Å². The van der Waals surface area contributed by atoms with Gasteiger partial charge < -0.3 is 15.1 Å². The van der Waals surface area contributed by atoms with Crippen LogP contribution < -0.4 is 15.1 Å². The molecular formula is C26H29Cl2N5OS. The summed E-state index contributed by atoms with van der Waals surface area (Å²) >= 11 is 14.0. The Labute approximate surface area is 221 Å². The molecular weight excluding hydrogens is 501 g/mol. The zero-order chi connectivity index (χ0) is 24.6. The third-order valence-corrected chi connectivity index (χ3v) is 7.27. The second kappa shape index (κ2) is 12.5. The molecule has 1 unspecified atom stereocenters. The van der Waals surface area contributed by atoms with E-state index in [1.165, 1.54) is 17.3 Å². The summed E-state index contributed by atoms with van der Waals surface area (Å²) in [6.07, 6.45) is 1.82. The van der Waals surface area contributed by atoms with E-state index in [-0.39, 0.29) is 17.7 Å². The fourth-order valence-electron chi connectivity index (χ4n) is 4.04. The van der Waals surface area contributed by atoms with Crippen LogP contribution in [0.5, 0.6) is 0 Å². The number of carbonyl (C=O) groups is 1. The maximum Gasteiger partial charge on any atom is 0.230 e. The van der Waals surface area contributed by atoms with E-state index < -0.39 is 0 Å². The first-order valence-electron chi connectivity index (χ1n) is 11.7. The summed E-state index contributed by atoms with van der Waals surface area (Å²) < 4.78 is 0. The first kappa shape index (κ1) is 25.6. The average molecular weight is 531 g/mol. The Kier molecular flexibility index (Phi) is 9.12. The Morgan fingerprint density at radius 3 is 2.43 bits per heavy atom. The van der Waals surface area contributed by atoms with Gasteiger partial charge >= 0.3 is 0 Å². The molecule has 1 amide bonds. The molecule has 1 aliphatic heterocycles. The van der Waals surface area contributed by atoms with Crippen LogP contribution in [0.2, 0.25) is 10.2 Å². The largest absolute Gasteiger partial charge is 0.367 e. The van der Waals surface area contributed by atoms with Crippen molar-refractivity contribution in [2.24, 2.45) is 0 Å². The highest BCUT2D eigenvalue weighted by Gasteiger charge is 2.21. The number of nitrogens with zero attached hydrogens (tertiary/aromatic N) is 4. The molecule has 2 aromatic carbocycles. The Bertz CT molecular complexity index is 1130. The second-order valence-corrected chi connectivity index (χ2v) is 10.3.